The molecule has 0 saturated heterocycles. The number of nitrogens with zero attached hydrogens (tertiary/aromatic N) is 3. The van der Waals surface area contributed by atoms with Crippen molar-refractivity contribution in [1.29, 1.82) is 0 Å². The molecule has 1 aromatic heterocycles. The molecule has 0 unspecified atom stereocenters. The number of carbonyl (C=O) groups excluding carboxylic acids is 2. The minimum Gasteiger partial charge on any atom is -0.486 e. The third kappa shape index (κ3) is 6.35. The van der Waals surface area contributed by atoms with Gasteiger partial charge in [-0.25, -0.2) is 13.2 Å². The van der Waals surface area contributed by atoms with Crippen LogP contribution >= 0.6 is 11.6 Å². The molecule has 0 radical (unpaired) electrons. The normalized spacial score (nSPS) is 16.3. The number of nitrogens with one attached hydrogen (secondary N) is 1. The number of aryl methyl sites for hydroxylation is 1. The van der Waals surface area contributed by atoms with E-state index in [1.165, 1.54) is 29.1 Å². The van der Waals surface area contributed by atoms with Gasteiger partial charge < -0.3 is 15.2 Å². The molecule has 1 atom stereocenters. The van der Waals surface area contributed by atoms with E-state index in [9.17, 15) is 31.2 Å². The zero-order valence-electron chi connectivity index (χ0n) is 21.8. The Morgan fingerprint density at radius 3 is 2.44 bits per heavy atom. The van der Waals surface area contributed by atoms with Crippen LogP contribution in [0, 0.1) is 5.41 Å². The summed E-state index contributed by atoms with van der Waals surface area (Å²) < 4.78 is 79.7. The fraction of sp³-hybridized carbons (Fsp3) is 0.522. The molecule has 1 aliphatic rings. The van der Waals surface area contributed by atoms with E-state index in [1.54, 1.807) is 20.8 Å². The van der Waals surface area contributed by atoms with Gasteiger partial charge in [0, 0.05) is 23.8 Å². The summed E-state index contributed by atoms with van der Waals surface area (Å²) in [6.07, 6.45) is -5.72. The van der Waals surface area contributed by atoms with Crippen LogP contribution in [0.4, 0.5) is 29.3 Å². The summed E-state index contributed by atoms with van der Waals surface area (Å²) in [4.78, 5) is 23.8. The molecule has 16 heteroatoms. The lowest BCUT2D eigenvalue weighted by molar-refractivity contribution is -0.242. The molecule has 0 spiro atoms. The van der Waals surface area contributed by atoms with Crippen molar-refractivity contribution in [3.8, 4) is 5.75 Å². The zero-order valence-corrected chi connectivity index (χ0v) is 23.4. The highest BCUT2D eigenvalue weighted by Gasteiger charge is 2.51. The minimum atomic E-state index is -4.82. The highest BCUT2D eigenvalue weighted by Crippen LogP contribution is 2.42. The summed E-state index contributed by atoms with van der Waals surface area (Å²) >= 11 is 6.14. The Bertz CT molecular complexity index is 1380. The SMILES string of the molecule is CCn1cc(S(=O)(=O)N2C[C@@H](CC(C)(C)C(N)=O)Oc3ccc(NC(=O)OC(C)(C)C(F)(F)F)cc32)c(Cl)n1. The van der Waals surface area contributed by atoms with E-state index in [4.69, 9.17) is 22.1 Å². The van der Waals surface area contributed by atoms with Crippen molar-refractivity contribution < 1.29 is 40.7 Å². The van der Waals surface area contributed by atoms with Crippen molar-refractivity contribution in [3.05, 3.63) is 29.5 Å². The van der Waals surface area contributed by atoms with Crippen molar-refractivity contribution >= 4 is 45.0 Å². The predicted molar refractivity (Wildman–Crippen MR) is 136 cm³/mol. The molecule has 0 saturated carbocycles. The standard InChI is InChI=1S/C23H29ClF3N5O6S/c1-6-31-12-17(18(24)30-31)39(35,36)32-11-14(10-21(2,3)19(28)33)37-16-8-7-13(9-15(16)32)29-20(34)38-22(4,5)23(25,26)27/h7-9,12,14H,6,10-11H2,1-5H3,(H2,28,33)(H,29,34)/t14-/m1/s1. The second-order valence-corrected chi connectivity index (χ2v) is 12.3. The maximum absolute atomic E-state index is 13.8. The van der Waals surface area contributed by atoms with E-state index in [-0.39, 0.29) is 40.1 Å². The molecule has 0 aliphatic carbocycles. The van der Waals surface area contributed by atoms with Gasteiger partial charge in [-0.1, -0.05) is 25.4 Å². The largest absolute Gasteiger partial charge is 0.486 e. The van der Waals surface area contributed by atoms with Crippen LogP contribution in [0.25, 0.3) is 0 Å². The number of amides is 2. The average molecular weight is 596 g/mol. The number of primary amides is 1. The number of sulfonamides is 1. The van der Waals surface area contributed by atoms with Crippen LogP contribution < -0.4 is 20.1 Å². The van der Waals surface area contributed by atoms with Crippen LogP contribution in [0.1, 0.15) is 41.0 Å². The van der Waals surface area contributed by atoms with Crippen LogP contribution in [0.15, 0.2) is 29.3 Å². The Hall–Kier alpha value is -3.20. The number of fused-ring (bicyclic) bond motifs is 1. The molecule has 0 fully saturated rings. The lowest BCUT2D eigenvalue weighted by Gasteiger charge is -2.37. The van der Waals surface area contributed by atoms with Crippen molar-refractivity contribution in [3.63, 3.8) is 0 Å². The fourth-order valence-electron chi connectivity index (χ4n) is 3.66. The van der Waals surface area contributed by atoms with Gasteiger partial charge >= 0.3 is 12.3 Å². The first-order chi connectivity index (χ1) is 17.8. The van der Waals surface area contributed by atoms with Crippen LogP contribution in [0.3, 0.4) is 0 Å². The Balaban J connectivity index is 2.02. The van der Waals surface area contributed by atoms with E-state index in [1.807, 2.05) is 0 Å². The maximum Gasteiger partial charge on any atom is 0.427 e. The van der Waals surface area contributed by atoms with Gasteiger partial charge in [0.15, 0.2) is 5.15 Å². The van der Waals surface area contributed by atoms with Crippen LogP contribution in [-0.2, 0) is 26.1 Å². The molecule has 0 bridgehead atoms. The Labute approximate surface area is 228 Å². The van der Waals surface area contributed by atoms with Crippen molar-refractivity contribution in [2.24, 2.45) is 11.1 Å². The highest BCUT2D eigenvalue weighted by atomic mass is 35.5. The average Bonchev–Trinajstić information content (AvgIpc) is 3.18. The van der Waals surface area contributed by atoms with Gasteiger partial charge in [0.25, 0.3) is 10.0 Å². The molecule has 11 nitrogen and oxygen atoms in total. The summed E-state index contributed by atoms with van der Waals surface area (Å²) in [7, 11) is -4.37. The van der Waals surface area contributed by atoms with E-state index in [0.29, 0.717) is 20.4 Å². The highest BCUT2D eigenvalue weighted by molar-refractivity contribution is 7.93. The molecule has 1 aromatic carbocycles. The number of hydrogen-bond acceptors (Lipinski definition) is 7. The molecule has 3 rings (SSSR count). The van der Waals surface area contributed by atoms with Gasteiger partial charge in [0.2, 0.25) is 11.5 Å². The van der Waals surface area contributed by atoms with Gasteiger partial charge in [0.05, 0.1) is 12.2 Å². The molecule has 2 heterocycles. The number of hydrogen-bond donors (Lipinski definition) is 2. The summed E-state index contributed by atoms with van der Waals surface area (Å²) in [6.45, 7) is 6.38. The molecule has 2 aromatic rings. The predicted octanol–water partition coefficient (Wildman–Crippen LogP) is 4.30. The van der Waals surface area contributed by atoms with E-state index < -0.39 is 45.3 Å². The Morgan fingerprint density at radius 1 is 1.26 bits per heavy atom. The maximum atomic E-state index is 13.8. The number of aromatic nitrogens is 2. The van der Waals surface area contributed by atoms with Crippen LogP contribution in [0.5, 0.6) is 5.75 Å². The molecular weight excluding hydrogens is 567 g/mol. The second kappa shape index (κ2) is 10.4. The molecule has 39 heavy (non-hydrogen) atoms. The minimum absolute atomic E-state index is 0.0312. The van der Waals surface area contributed by atoms with Crippen LogP contribution in [0.2, 0.25) is 5.15 Å². The van der Waals surface area contributed by atoms with Gasteiger partial charge in [-0.15, -0.1) is 0 Å². The third-order valence-electron chi connectivity index (χ3n) is 6.15. The smallest absolute Gasteiger partial charge is 0.427 e. The number of halogens is 4. The van der Waals surface area contributed by atoms with Gasteiger partial charge in [-0.3, -0.25) is 19.1 Å². The van der Waals surface area contributed by atoms with Gasteiger partial charge in [0.1, 0.15) is 16.7 Å². The number of carbonyl (C=O) groups is 2. The quantitative estimate of drug-likeness (QED) is 0.462. The first kappa shape index (κ1) is 30.3. The lowest BCUT2D eigenvalue weighted by atomic mass is 9.85. The summed E-state index contributed by atoms with van der Waals surface area (Å²) in [5.74, 6) is -0.540. The first-order valence-corrected chi connectivity index (χ1v) is 13.5. The Kier molecular flexibility index (Phi) is 8.10. The summed E-state index contributed by atoms with van der Waals surface area (Å²) in [6, 6.07) is 3.85. The van der Waals surface area contributed by atoms with Crippen molar-refractivity contribution in [2.45, 2.75) is 70.4 Å². The molecule has 1 aliphatic heterocycles. The summed E-state index contributed by atoms with van der Waals surface area (Å²) in [5, 5.41) is 5.88. The fourth-order valence-corrected chi connectivity index (χ4v) is 5.61. The monoisotopic (exact) mass is 595 g/mol. The number of benzene rings is 1. The van der Waals surface area contributed by atoms with Crippen molar-refractivity contribution in [2.75, 3.05) is 16.2 Å². The first-order valence-electron chi connectivity index (χ1n) is 11.7. The number of rotatable bonds is 8. The molecule has 3 N–H and O–H groups in total. The van der Waals surface area contributed by atoms with Crippen molar-refractivity contribution in [1.82, 2.24) is 9.78 Å². The number of ether oxygens (including phenoxy) is 2. The van der Waals surface area contributed by atoms with Gasteiger partial charge in [-0.05, 0) is 45.4 Å². The molecular formula is C23H29ClF3N5O6S. The summed E-state index contributed by atoms with van der Waals surface area (Å²) in [5.41, 5.74) is 1.58. The second-order valence-electron chi connectivity index (χ2n) is 10.1. The Morgan fingerprint density at radius 2 is 1.90 bits per heavy atom. The lowest BCUT2D eigenvalue weighted by Crippen LogP contribution is -2.47. The molecule has 2 amide bonds. The topological polar surface area (TPSA) is 146 Å². The van der Waals surface area contributed by atoms with E-state index >= 15 is 0 Å². The zero-order chi connectivity index (χ0) is 29.6. The van der Waals surface area contributed by atoms with E-state index in [0.717, 1.165) is 4.31 Å². The number of anilines is 2. The third-order valence-corrected chi connectivity index (χ3v) is 8.32. The molecule has 216 valence electrons. The van der Waals surface area contributed by atoms with E-state index in [2.05, 4.69) is 15.2 Å². The van der Waals surface area contributed by atoms with Gasteiger partial charge in [-0.2, -0.15) is 18.3 Å². The van der Waals surface area contributed by atoms with Crippen LogP contribution in [-0.4, -0.2) is 54.6 Å². The number of alkyl halides is 3. The number of nitrogens with two attached hydrogens (primary N) is 1.